The number of amides is 1. The quantitative estimate of drug-likeness (QED) is 0.554. The number of H-pyrrole nitrogens is 1. The van der Waals surface area contributed by atoms with E-state index in [1.54, 1.807) is 0 Å². The largest absolute Gasteiger partial charge is 0.492 e. The number of aromatic nitrogens is 2. The van der Waals surface area contributed by atoms with Crippen molar-refractivity contribution in [2.45, 2.75) is 0 Å². The minimum absolute atomic E-state index is 0.339. The van der Waals surface area contributed by atoms with Gasteiger partial charge in [0.25, 0.3) is 5.56 Å². The van der Waals surface area contributed by atoms with E-state index in [2.05, 4.69) is 14.7 Å². The monoisotopic (exact) mass is 185 g/mol. The average molecular weight is 185 g/mol. The van der Waals surface area contributed by atoms with Gasteiger partial charge in [-0.15, -0.1) is 0 Å². The summed E-state index contributed by atoms with van der Waals surface area (Å²) in [6.07, 6.45) is 0.161. The second-order valence-electron chi connectivity index (χ2n) is 2.05. The van der Waals surface area contributed by atoms with E-state index in [9.17, 15) is 9.59 Å². The second-order valence-corrected chi connectivity index (χ2v) is 2.05. The third-order valence-electron chi connectivity index (χ3n) is 1.25. The molecule has 0 aliphatic carbocycles. The lowest BCUT2D eigenvalue weighted by atomic mass is 10.5. The van der Waals surface area contributed by atoms with E-state index in [1.165, 1.54) is 0 Å². The molecule has 0 fully saturated rings. The van der Waals surface area contributed by atoms with Gasteiger partial charge in [-0.05, 0) is 0 Å². The van der Waals surface area contributed by atoms with Crippen LogP contribution in [-0.2, 0) is 4.74 Å². The number of anilines is 1. The highest BCUT2D eigenvalue weighted by atomic mass is 16.5. The molecule has 3 N–H and O–H groups in total. The van der Waals surface area contributed by atoms with Crippen molar-refractivity contribution in [3.63, 3.8) is 0 Å². The first-order chi connectivity index (χ1) is 6.15. The molecule has 0 aliphatic heterocycles. The number of methoxy groups -OCH3 is 1. The van der Waals surface area contributed by atoms with Gasteiger partial charge >= 0.3 is 6.09 Å². The fourth-order valence-electron chi connectivity index (χ4n) is 0.656. The third kappa shape index (κ3) is 1.95. The van der Waals surface area contributed by atoms with Crippen LogP contribution >= 0.6 is 0 Å². The van der Waals surface area contributed by atoms with Crippen LogP contribution in [0.25, 0.3) is 0 Å². The summed E-state index contributed by atoms with van der Waals surface area (Å²) in [6.45, 7) is 0. The summed E-state index contributed by atoms with van der Waals surface area (Å²) in [6, 6.07) is 0. The number of nitrogens with zero attached hydrogens (tertiary/aromatic N) is 1. The number of aromatic hydroxyl groups is 1. The molecule has 7 nitrogen and oxygen atoms in total. The molecule has 0 saturated heterocycles. The van der Waals surface area contributed by atoms with Crippen molar-refractivity contribution in [3.8, 4) is 5.88 Å². The molecule has 1 heterocycles. The molecule has 0 radical (unpaired) electrons. The van der Waals surface area contributed by atoms with Gasteiger partial charge in [-0.3, -0.25) is 10.1 Å². The fraction of sp³-hybridized carbons (Fsp3) is 0.167. The molecule has 0 unspecified atom stereocenters. The highest BCUT2D eigenvalue weighted by Gasteiger charge is 2.10. The van der Waals surface area contributed by atoms with Crippen LogP contribution in [-0.4, -0.2) is 28.3 Å². The van der Waals surface area contributed by atoms with Gasteiger partial charge in [0, 0.05) is 0 Å². The molecule has 13 heavy (non-hydrogen) atoms. The van der Waals surface area contributed by atoms with Crippen LogP contribution in [0.5, 0.6) is 5.88 Å². The minimum atomic E-state index is -0.853. The molecule has 1 amide bonds. The Balaban J connectivity index is 3.00. The molecule has 1 aromatic heterocycles. The van der Waals surface area contributed by atoms with E-state index in [1.807, 2.05) is 5.32 Å². The molecule has 70 valence electrons. The van der Waals surface area contributed by atoms with Crippen LogP contribution in [0.15, 0.2) is 11.1 Å². The van der Waals surface area contributed by atoms with Crippen molar-refractivity contribution in [1.29, 1.82) is 0 Å². The smallest absolute Gasteiger partial charge is 0.411 e. The first-order valence-electron chi connectivity index (χ1n) is 3.26. The normalized spacial score (nSPS) is 9.31. The third-order valence-corrected chi connectivity index (χ3v) is 1.25. The summed E-state index contributed by atoms with van der Waals surface area (Å²) in [5, 5.41) is 11.0. The van der Waals surface area contributed by atoms with Gasteiger partial charge in [-0.2, -0.15) is 0 Å². The van der Waals surface area contributed by atoms with Gasteiger partial charge in [-0.25, -0.2) is 9.78 Å². The molecule has 0 aromatic carbocycles. The maximum Gasteiger partial charge on any atom is 0.411 e. The molecule has 1 rings (SSSR count). The Labute approximate surface area is 72.4 Å². The zero-order valence-corrected chi connectivity index (χ0v) is 6.70. The minimum Gasteiger partial charge on any atom is -0.492 e. The van der Waals surface area contributed by atoms with Crippen LogP contribution < -0.4 is 10.9 Å². The predicted octanol–water partition coefficient (Wildman–Crippen LogP) is -0.346. The van der Waals surface area contributed by atoms with Gasteiger partial charge in [-0.1, -0.05) is 0 Å². The van der Waals surface area contributed by atoms with Crippen LogP contribution in [0.3, 0.4) is 0 Å². The highest BCUT2D eigenvalue weighted by molar-refractivity contribution is 5.85. The number of carbonyl (C=O) groups excluding carboxylic acids is 1. The molecule has 0 aliphatic rings. The standard InChI is InChI=1S/C6H7N3O4/c1-13-6(12)9-3-4(10)7-2-8-5(3)11/h2H,1H3,(H,9,12)(H2,7,8,10,11). The van der Waals surface area contributed by atoms with E-state index in [0.717, 1.165) is 13.4 Å². The summed E-state index contributed by atoms with van der Waals surface area (Å²) in [5.41, 5.74) is -0.993. The molecule has 0 atom stereocenters. The van der Waals surface area contributed by atoms with E-state index in [4.69, 9.17) is 5.11 Å². The van der Waals surface area contributed by atoms with Gasteiger partial charge in [0.15, 0.2) is 5.69 Å². The molecule has 0 spiro atoms. The van der Waals surface area contributed by atoms with Crippen molar-refractivity contribution in [2.75, 3.05) is 12.4 Å². The Morgan fingerprint density at radius 2 is 2.46 bits per heavy atom. The molecule has 7 heteroatoms. The second kappa shape index (κ2) is 3.57. The zero-order chi connectivity index (χ0) is 9.84. The maximum atomic E-state index is 11.0. The van der Waals surface area contributed by atoms with E-state index in [-0.39, 0.29) is 5.69 Å². The lowest BCUT2D eigenvalue weighted by Crippen LogP contribution is -2.19. The SMILES string of the molecule is COC(=O)Nc1c(O)nc[nH]c1=O. The van der Waals surface area contributed by atoms with E-state index >= 15 is 0 Å². The predicted molar refractivity (Wildman–Crippen MR) is 42.6 cm³/mol. The Morgan fingerprint density at radius 3 is 3.00 bits per heavy atom. The molecular formula is C6H7N3O4. The number of ether oxygens (including phenoxy) is 1. The van der Waals surface area contributed by atoms with Crippen LogP contribution in [0.4, 0.5) is 10.5 Å². The first-order valence-corrected chi connectivity index (χ1v) is 3.26. The Bertz CT molecular complexity index is 372. The number of aromatic amines is 1. The van der Waals surface area contributed by atoms with E-state index in [0.29, 0.717) is 0 Å². The Kier molecular flexibility index (Phi) is 2.48. The van der Waals surface area contributed by atoms with E-state index < -0.39 is 17.5 Å². The van der Waals surface area contributed by atoms with Crippen molar-refractivity contribution in [2.24, 2.45) is 0 Å². The van der Waals surface area contributed by atoms with Crippen molar-refractivity contribution >= 4 is 11.8 Å². The molecule has 1 aromatic rings. The Hall–Kier alpha value is -2.05. The lowest BCUT2D eigenvalue weighted by molar-refractivity contribution is 0.186. The number of carbonyl (C=O) groups is 1. The summed E-state index contributed by atoms with van der Waals surface area (Å²) in [5.74, 6) is -0.561. The maximum absolute atomic E-state index is 11.0. The molecule has 0 saturated carbocycles. The van der Waals surface area contributed by atoms with Gasteiger partial charge in [0.05, 0.1) is 13.4 Å². The van der Waals surface area contributed by atoms with Crippen molar-refractivity contribution < 1.29 is 14.6 Å². The number of hydrogen-bond donors (Lipinski definition) is 3. The van der Waals surface area contributed by atoms with Crippen LogP contribution in [0, 0.1) is 0 Å². The molecule has 0 bridgehead atoms. The van der Waals surface area contributed by atoms with Crippen molar-refractivity contribution in [3.05, 3.63) is 16.7 Å². The zero-order valence-electron chi connectivity index (χ0n) is 6.70. The summed E-state index contributed by atoms with van der Waals surface area (Å²) in [7, 11) is 1.14. The number of nitrogens with one attached hydrogen (secondary N) is 2. The summed E-state index contributed by atoms with van der Waals surface area (Å²) in [4.78, 5) is 27.2. The number of hydrogen-bond acceptors (Lipinski definition) is 5. The average Bonchev–Trinajstić information content (AvgIpc) is 2.11. The van der Waals surface area contributed by atoms with Gasteiger partial charge in [0.1, 0.15) is 0 Å². The fourth-order valence-corrected chi connectivity index (χ4v) is 0.656. The summed E-state index contributed by atoms with van der Waals surface area (Å²) < 4.78 is 4.22. The first kappa shape index (κ1) is 9.04. The number of rotatable bonds is 1. The van der Waals surface area contributed by atoms with Crippen LogP contribution in [0.1, 0.15) is 0 Å². The highest BCUT2D eigenvalue weighted by Crippen LogP contribution is 2.11. The lowest BCUT2D eigenvalue weighted by Gasteiger charge is -2.02. The van der Waals surface area contributed by atoms with Crippen molar-refractivity contribution in [1.82, 2.24) is 9.97 Å². The summed E-state index contributed by atoms with van der Waals surface area (Å²) >= 11 is 0. The van der Waals surface area contributed by atoms with Gasteiger partial charge in [0.2, 0.25) is 5.88 Å². The Morgan fingerprint density at radius 1 is 1.77 bits per heavy atom. The van der Waals surface area contributed by atoms with Gasteiger partial charge < -0.3 is 14.8 Å². The molecular weight excluding hydrogens is 178 g/mol. The topological polar surface area (TPSA) is 104 Å². The van der Waals surface area contributed by atoms with Crippen LogP contribution in [0.2, 0.25) is 0 Å².